The molecule has 4 heteroatoms. The summed E-state index contributed by atoms with van der Waals surface area (Å²) in [5, 5.41) is 3.29. The minimum Gasteiger partial charge on any atom is -0.383 e. The zero-order chi connectivity index (χ0) is 10.9. The summed E-state index contributed by atoms with van der Waals surface area (Å²) in [5.74, 6) is 1.01. The van der Waals surface area contributed by atoms with Crippen LogP contribution in [0.15, 0.2) is 24.4 Å². The second-order valence-electron chi connectivity index (χ2n) is 3.35. The van der Waals surface area contributed by atoms with E-state index in [1.165, 1.54) is 0 Å². The summed E-state index contributed by atoms with van der Waals surface area (Å²) in [6, 6.07) is 5.93. The van der Waals surface area contributed by atoms with Crippen molar-refractivity contribution in [1.82, 2.24) is 10.3 Å². The number of aromatic nitrogens is 1. The van der Waals surface area contributed by atoms with Crippen LogP contribution in [0.5, 0.6) is 0 Å². The van der Waals surface area contributed by atoms with Crippen LogP contribution in [0.2, 0.25) is 0 Å². The van der Waals surface area contributed by atoms with Crippen LogP contribution < -0.4 is 10.2 Å². The Labute approximate surface area is 91.3 Å². The Bertz CT molecular complexity index is 253. The monoisotopic (exact) mass is 209 g/mol. The lowest BCUT2D eigenvalue weighted by atomic mass is 10.4. The third-order valence-corrected chi connectivity index (χ3v) is 2.15. The molecule has 0 aliphatic carbocycles. The molecule has 0 saturated heterocycles. The first-order valence-corrected chi connectivity index (χ1v) is 5.16. The van der Waals surface area contributed by atoms with Crippen molar-refractivity contribution >= 4 is 5.82 Å². The van der Waals surface area contributed by atoms with E-state index in [0.717, 1.165) is 32.1 Å². The van der Waals surface area contributed by atoms with Gasteiger partial charge in [0.2, 0.25) is 0 Å². The van der Waals surface area contributed by atoms with Gasteiger partial charge in [0.15, 0.2) is 0 Å². The van der Waals surface area contributed by atoms with Gasteiger partial charge in [0.05, 0.1) is 6.61 Å². The van der Waals surface area contributed by atoms with Gasteiger partial charge in [-0.15, -0.1) is 0 Å². The smallest absolute Gasteiger partial charge is 0.128 e. The van der Waals surface area contributed by atoms with Crippen LogP contribution in [-0.4, -0.2) is 45.4 Å². The molecule has 0 radical (unpaired) electrons. The molecule has 0 aliphatic rings. The van der Waals surface area contributed by atoms with Gasteiger partial charge in [-0.1, -0.05) is 6.07 Å². The number of nitrogens with one attached hydrogen (secondary N) is 1. The third-order valence-electron chi connectivity index (χ3n) is 2.15. The largest absolute Gasteiger partial charge is 0.383 e. The van der Waals surface area contributed by atoms with Gasteiger partial charge >= 0.3 is 0 Å². The molecule has 1 rings (SSSR count). The Morgan fingerprint density at radius 2 is 2.27 bits per heavy atom. The molecule has 0 atom stereocenters. The Morgan fingerprint density at radius 1 is 1.40 bits per heavy atom. The molecule has 0 unspecified atom stereocenters. The predicted octanol–water partition coefficient (Wildman–Crippen LogP) is 0.754. The lowest BCUT2D eigenvalue weighted by Crippen LogP contribution is -2.31. The fourth-order valence-corrected chi connectivity index (χ4v) is 1.24. The standard InChI is InChI=1S/C11H19N3O/c1-14(9-7-12-8-10-15-2)11-5-3-4-6-13-11/h3-6,12H,7-10H2,1-2H3. The fourth-order valence-electron chi connectivity index (χ4n) is 1.24. The molecule has 0 saturated carbocycles. The summed E-state index contributed by atoms with van der Waals surface area (Å²) in [5.41, 5.74) is 0. The molecular weight excluding hydrogens is 190 g/mol. The van der Waals surface area contributed by atoms with E-state index in [2.05, 4.69) is 15.2 Å². The second kappa shape index (κ2) is 7.20. The molecular formula is C11H19N3O. The van der Waals surface area contributed by atoms with Crippen molar-refractivity contribution in [1.29, 1.82) is 0 Å². The molecule has 0 bridgehead atoms. The number of likely N-dealkylation sites (N-methyl/N-ethyl adjacent to an activating group) is 1. The van der Waals surface area contributed by atoms with Crippen molar-refractivity contribution in [3.8, 4) is 0 Å². The number of nitrogens with zero attached hydrogens (tertiary/aromatic N) is 2. The number of methoxy groups -OCH3 is 1. The van der Waals surface area contributed by atoms with E-state index >= 15 is 0 Å². The molecule has 0 amide bonds. The maximum Gasteiger partial charge on any atom is 0.128 e. The van der Waals surface area contributed by atoms with E-state index in [-0.39, 0.29) is 0 Å². The van der Waals surface area contributed by atoms with E-state index < -0.39 is 0 Å². The molecule has 1 aromatic heterocycles. The van der Waals surface area contributed by atoms with E-state index in [1.54, 1.807) is 7.11 Å². The topological polar surface area (TPSA) is 37.4 Å². The molecule has 15 heavy (non-hydrogen) atoms. The lowest BCUT2D eigenvalue weighted by molar-refractivity contribution is 0.200. The third kappa shape index (κ3) is 4.76. The van der Waals surface area contributed by atoms with E-state index in [0.29, 0.717) is 0 Å². The Balaban J connectivity index is 2.16. The highest BCUT2D eigenvalue weighted by molar-refractivity contribution is 5.36. The summed E-state index contributed by atoms with van der Waals surface area (Å²) in [4.78, 5) is 6.39. The van der Waals surface area contributed by atoms with Crippen molar-refractivity contribution in [2.24, 2.45) is 0 Å². The zero-order valence-electron chi connectivity index (χ0n) is 9.44. The molecule has 1 aromatic rings. The molecule has 0 fully saturated rings. The van der Waals surface area contributed by atoms with Gasteiger partial charge in [0.1, 0.15) is 5.82 Å². The molecule has 0 spiro atoms. The van der Waals surface area contributed by atoms with Gasteiger partial charge in [-0.25, -0.2) is 4.98 Å². The van der Waals surface area contributed by atoms with Gasteiger partial charge < -0.3 is 15.0 Å². The van der Waals surface area contributed by atoms with E-state index in [9.17, 15) is 0 Å². The van der Waals surface area contributed by atoms with Crippen LogP contribution >= 0.6 is 0 Å². The van der Waals surface area contributed by atoms with Crippen molar-refractivity contribution in [2.75, 3.05) is 45.3 Å². The van der Waals surface area contributed by atoms with E-state index in [1.807, 2.05) is 31.4 Å². The van der Waals surface area contributed by atoms with E-state index in [4.69, 9.17) is 4.74 Å². The molecule has 84 valence electrons. The van der Waals surface area contributed by atoms with Crippen molar-refractivity contribution in [2.45, 2.75) is 0 Å². The Kier molecular flexibility index (Phi) is 5.73. The minimum absolute atomic E-state index is 0.757. The quantitative estimate of drug-likeness (QED) is 0.673. The summed E-state index contributed by atoms with van der Waals surface area (Å²) in [6.07, 6.45) is 1.81. The van der Waals surface area contributed by atoms with Crippen LogP contribution in [0.1, 0.15) is 0 Å². The average Bonchev–Trinajstić information content (AvgIpc) is 2.30. The highest BCUT2D eigenvalue weighted by Crippen LogP contribution is 2.04. The van der Waals surface area contributed by atoms with Gasteiger partial charge in [-0.05, 0) is 12.1 Å². The second-order valence-corrected chi connectivity index (χ2v) is 3.35. The number of hydrogen-bond donors (Lipinski definition) is 1. The van der Waals surface area contributed by atoms with Gasteiger partial charge in [-0.3, -0.25) is 0 Å². The number of anilines is 1. The molecule has 0 aliphatic heterocycles. The Hall–Kier alpha value is -1.13. The highest BCUT2D eigenvalue weighted by atomic mass is 16.5. The first-order valence-electron chi connectivity index (χ1n) is 5.16. The van der Waals surface area contributed by atoms with Gasteiger partial charge in [0, 0.05) is 40.0 Å². The van der Waals surface area contributed by atoms with Crippen molar-refractivity contribution in [3.63, 3.8) is 0 Å². The van der Waals surface area contributed by atoms with Crippen molar-refractivity contribution in [3.05, 3.63) is 24.4 Å². The summed E-state index contributed by atoms with van der Waals surface area (Å²) < 4.78 is 4.95. The number of pyridine rings is 1. The average molecular weight is 209 g/mol. The molecule has 0 aromatic carbocycles. The number of ether oxygens (including phenoxy) is 1. The zero-order valence-corrected chi connectivity index (χ0v) is 9.44. The maximum atomic E-state index is 4.95. The van der Waals surface area contributed by atoms with Gasteiger partial charge in [-0.2, -0.15) is 0 Å². The van der Waals surface area contributed by atoms with Gasteiger partial charge in [0.25, 0.3) is 0 Å². The summed E-state index contributed by atoms with van der Waals surface area (Å²) in [7, 11) is 3.75. The predicted molar refractivity (Wildman–Crippen MR) is 62.3 cm³/mol. The highest BCUT2D eigenvalue weighted by Gasteiger charge is 1.99. The summed E-state index contributed by atoms with van der Waals surface area (Å²) >= 11 is 0. The van der Waals surface area contributed by atoms with Crippen LogP contribution in [0.4, 0.5) is 5.82 Å². The first-order chi connectivity index (χ1) is 7.34. The molecule has 1 heterocycles. The lowest BCUT2D eigenvalue weighted by Gasteiger charge is -2.17. The normalized spacial score (nSPS) is 10.3. The Morgan fingerprint density at radius 3 is 2.93 bits per heavy atom. The van der Waals surface area contributed by atoms with Crippen LogP contribution in [0.3, 0.4) is 0 Å². The molecule has 4 nitrogen and oxygen atoms in total. The van der Waals surface area contributed by atoms with Crippen LogP contribution in [0, 0.1) is 0 Å². The summed E-state index contributed by atoms with van der Waals surface area (Å²) in [6.45, 7) is 3.54. The SMILES string of the molecule is COCCNCCN(C)c1ccccn1. The maximum absolute atomic E-state index is 4.95. The number of hydrogen-bond acceptors (Lipinski definition) is 4. The van der Waals surface area contributed by atoms with Crippen molar-refractivity contribution < 1.29 is 4.74 Å². The number of rotatable bonds is 7. The van der Waals surface area contributed by atoms with Crippen LogP contribution in [0.25, 0.3) is 0 Å². The minimum atomic E-state index is 0.757. The van der Waals surface area contributed by atoms with Crippen LogP contribution in [-0.2, 0) is 4.74 Å². The fraction of sp³-hybridized carbons (Fsp3) is 0.545. The molecule has 1 N–H and O–H groups in total. The first kappa shape index (κ1) is 11.9.